The second kappa shape index (κ2) is 9.61. The van der Waals surface area contributed by atoms with E-state index in [1.165, 1.54) is 6.07 Å². The summed E-state index contributed by atoms with van der Waals surface area (Å²) in [6, 6.07) is 10.1. The van der Waals surface area contributed by atoms with Crippen LogP contribution >= 0.6 is 15.9 Å². The summed E-state index contributed by atoms with van der Waals surface area (Å²) in [7, 11) is 0. The van der Waals surface area contributed by atoms with Crippen LogP contribution < -0.4 is 10.6 Å². The van der Waals surface area contributed by atoms with Gasteiger partial charge in [-0.15, -0.1) is 0 Å². The Labute approximate surface area is 186 Å². The van der Waals surface area contributed by atoms with Crippen LogP contribution in [0.4, 0.5) is 30.6 Å². The van der Waals surface area contributed by atoms with E-state index in [2.05, 4.69) is 41.5 Å². The summed E-state index contributed by atoms with van der Waals surface area (Å²) in [4.78, 5) is 13.2. The number of aliphatic hydroxyl groups is 1. The molecule has 0 fully saturated rings. The number of aliphatic hydroxyl groups excluding tert-OH is 1. The molecule has 2 aromatic heterocycles. The highest BCUT2D eigenvalue weighted by Crippen LogP contribution is 2.35. The maximum atomic E-state index is 12.9. The molecule has 0 unspecified atom stereocenters. The van der Waals surface area contributed by atoms with Gasteiger partial charge in [0.05, 0.1) is 35.3 Å². The van der Waals surface area contributed by atoms with Gasteiger partial charge in [0.15, 0.2) is 0 Å². The van der Waals surface area contributed by atoms with E-state index < -0.39 is 11.7 Å². The fourth-order valence-electron chi connectivity index (χ4n) is 2.74. The van der Waals surface area contributed by atoms with Crippen molar-refractivity contribution in [2.45, 2.75) is 26.1 Å². The van der Waals surface area contributed by atoms with E-state index in [9.17, 15) is 18.3 Å². The first-order chi connectivity index (χ1) is 14.7. The molecule has 0 bridgehead atoms. The van der Waals surface area contributed by atoms with E-state index in [1.54, 1.807) is 24.4 Å². The van der Waals surface area contributed by atoms with Crippen molar-refractivity contribution in [1.29, 1.82) is 0 Å². The summed E-state index contributed by atoms with van der Waals surface area (Å²) in [5.41, 5.74) is 0.774. The molecule has 0 aliphatic rings. The second-order valence-corrected chi connectivity index (χ2v) is 8.03. The molecule has 0 amide bonds. The molecular weight excluding hydrogens is 475 g/mol. The number of benzene rings is 1. The maximum absolute atomic E-state index is 12.9. The van der Waals surface area contributed by atoms with Crippen LogP contribution in [0.2, 0.25) is 0 Å². The normalized spacial score (nSPS) is 12.6. The van der Waals surface area contributed by atoms with Gasteiger partial charge >= 0.3 is 6.18 Å². The Morgan fingerprint density at radius 1 is 1.06 bits per heavy atom. The molecule has 1 aromatic carbocycles. The van der Waals surface area contributed by atoms with Gasteiger partial charge in [0.25, 0.3) is 0 Å². The van der Waals surface area contributed by atoms with Crippen LogP contribution in [0, 0.1) is 5.92 Å². The first kappa shape index (κ1) is 23.0. The zero-order chi connectivity index (χ0) is 22.6. The fourth-order valence-corrected chi connectivity index (χ4v) is 3.22. The van der Waals surface area contributed by atoms with Crippen molar-refractivity contribution in [2.24, 2.45) is 5.92 Å². The Morgan fingerprint density at radius 3 is 2.42 bits per heavy atom. The lowest BCUT2D eigenvalue weighted by Crippen LogP contribution is -2.30. The summed E-state index contributed by atoms with van der Waals surface area (Å²) in [6.07, 6.45) is -2.80. The summed E-state index contributed by atoms with van der Waals surface area (Å²) >= 11 is 3.18. The third kappa shape index (κ3) is 5.92. The standard InChI is InChI=1S/C21H21BrF3N5O/c1-12(2)18(11-31)29-20-28-17(16-5-3-4-8-26-16)10-19(30-20)27-15-7-6-13(9-14(15)22)21(23,24)25/h3-10,12,18,31H,11H2,1-2H3,(H2,27,28,29,30)/t18-/m1/s1. The van der Waals surface area contributed by atoms with Crippen LogP contribution in [-0.2, 0) is 6.18 Å². The number of nitrogens with zero attached hydrogens (tertiary/aromatic N) is 3. The SMILES string of the molecule is CC(C)[C@@H](CO)Nc1nc(Nc2ccc(C(F)(F)F)cc2Br)cc(-c2ccccn2)n1. The predicted molar refractivity (Wildman–Crippen MR) is 117 cm³/mol. The van der Waals surface area contributed by atoms with Crippen LogP contribution in [0.25, 0.3) is 11.4 Å². The molecule has 0 saturated heterocycles. The smallest absolute Gasteiger partial charge is 0.394 e. The highest BCUT2D eigenvalue weighted by molar-refractivity contribution is 9.10. The van der Waals surface area contributed by atoms with E-state index in [-0.39, 0.29) is 29.0 Å². The molecule has 0 radical (unpaired) electrons. The quantitative estimate of drug-likeness (QED) is 0.401. The number of nitrogens with one attached hydrogen (secondary N) is 2. The molecule has 31 heavy (non-hydrogen) atoms. The third-order valence-electron chi connectivity index (χ3n) is 4.53. The zero-order valence-electron chi connectivity index (χ0n) is 16.8. The van der Waals surface area contributed by atoms with Crippen molar-refractivity contribution in [3.8, 4) is 11.4 Å². The minimum absolute atomic E-state index is 0.109. The second-order valence-electron chi connectivity index (χ2n) is 7.17. The highest BCUT2D eigenvalue weighted by atomic mass is 79.9. The minimum atomic E-state index is -4.44. The third-order valence-corrected chi connectivity index (χ3v) is 5.18. The number of anilines is 3. The number of pyridine rings is 1. The molecule has 3 aromatic rings. The van der Waals surface area contributed by atoms with Crippen LogP contribution in [0.1, 0.15) is 19.4 Å². The Hall–Kier alpha value is -2.72. The van der Waals surface area contributed by atoms with Crippen molar-refractivity contribution in [3.63, 3.8) is 0 Å². The van der Waals surface area contributed by atoms with Gasteiger partial charge in [-0.2, -0.15) is 18.2 Å². The Balaban J connectivity index is 1.98. The summed E-state index contributed by atoms with van der Waals surface area (Å²) in [5.74, 6) is 0.744. The van der Waals surface area contributed by atoms with Crippen molar-refractivity contribution in [3.05, 3.63) is 58.7 Å². The highest BCUT2D eigenvalue weighted by Gasteiger charge is 2.30. The lowest BCUT2D eigenvalue weighted by atomic mass is 10.1. The molecule has 1 atom stereocenters. The Kier molecular flexibility index (Phi) is 7.11. The van der Waals surface area contributed by atoms with Crippen LogP contribution in [0.5, 0.6) is 0 Å². The molecular formula is C21H21BrF3N5O. The molecule has 3 rings (SSSR count). The van der Waals surface area contributed by atoms with E-state index >= 15 is 0 Å². The fraction of sp³-hybridized carbons (Fsp3) is 0.286. The molecule has 0 saturated carbocycles. The largest absolute Gasteiger partial charge is 0.416 e. The van der Waals surface area contributed by atoms with Gasteiger partial charge in [0.2, 0.25) is 5.95 Å². The molecule has 3 N–H and O–H groups in total. The first-order valence-corrected chi connectivity index (χ1v) is 10.3. The van der Waals surface area contributed by atoms with Crippen LogP contribution in [0.3, 0.4) is 0 Å². The topological polar surface area (TPSA) is 83.0 Å². The molecule has 164 valence electrons. The Bertz CT molecular complexity index is 1030. The minimum Gasteiger partial charge on any atom is -0.394 e. The zero-order valence-corrected chi connectivity index (χ0v) is 18.4. The van der Waals surface area contributed by atoms with Crippen LogP contribution in [-0.4, -0.2) is 32.7 Å². The molecule has 0 aliphatic heterocycles. The molecule has 10 heteroatoms. The van der Waals surface area contributed by atoms with Gasteiger partial charge in [-0.25, -0.2) is 4.98 Å². The molecule has 0 spiro atoms. The van der Waals surface area contributed by atoms with Gasteiger partial charge in [0, 0.05) is 16.7 Å². The van der Waals surface area contributed by atoms with Crippen molar-refractivity contribution in [1.82, 2.24) is 15.0 Å². The number of halogens is 4. The average molecular weight is 496 g/mol. The number of rotatable bonds is 7. The van der Waals surface area contributed by atoms with Gasteiger partial charge in [0.1, 0.15) is 5.82 Å². The number of hydrogen-bond donors (Lipinski definition) is 3. The van der Waals surface area contributed by atoms with E-state index in [1.807, 2.05) is 19.9 Å². The summed E-state index contributed by atoms with van der Waals surface area (Å²) in [6.45, 7) is 3.80. The van der Waals surface area contributed by atoms with Crippen molar-refractivity contribution >= 4 is 33.4 Å². The van der Waals surface area contributed by atoms with Crippen LogP contribution in [0.15, 0.2) is 53.1 Å². The number of alkyl halides is 3. The lowest BCUT2D eigenvalue weighted by molar-refractivity contribution is -0.137. The lowest BCUT2D eigenvalue weighted by Gasteiger charge is -2.21. The maximum Gasteiger partial charge on any atom is 0.416 e. The average Bonchev–Trinajstić information content (AvgIpc) is 2.73. The van der Waals surface area contributed by atoms with Gasteiger partial charge < -0.3 is 15.7 Å². The number of hydrogen-bond acceptors (Lipinski definition) is 6. The molecule has 2 heterocycles. The van der Waals surface area contributed by atoms with Gasteiger partial charge in [-0.1, -0.05) is 19.9 Å². The molecule has 6 nitrogen and oxygen atoms in total. The first-order valence-electron chi connectivity index (χ1n) is 9.49. The summed E-state index contributed by atoms with van der Waals surface area (Å²) in [5, 5.41) is 15.8. The van der Waals surface area contributed by atoms with Crippen molar-refractivity contribution < 1.29 is 18.3 Å². The van der Waals surface area contributed by atoms with E-state index in [4.69, 9.17) is 0 Å². The Morgan fingerprint density at radius 2 is 1.84 bits per heavy atom. The molecule has 0 aliphatic carbocycles. The van der Waals surface area contributed by atoms with Gasteiger partial charge in [-0.05, 0) is 52.2 Å². The van der Waals surface area contributed by atoms with E-state index in [0.29, 0.717) is 22.9 Å². The monoisotopic (exact) mass is 495 g/mol. The number of aromatic nitrogens is 3. The van der Waals surface area contributed by atoms with E-state index in [0.717, 1.165) is 12.1 Å². The summed E-state index contributed by atoms with van der Waals surface area (Å²) < 4.78 is 39.1. The van der Waals surface area contributed by atoms with Crippen molar-refractivity contribution in [2.75, 3.05) is 17.2 Å². The van der Waals surface area contributed by atoms with Gasteiger partial charge in [-0.3, -0.25) is 4.98 Å². The predicted octanol–water partition coefficient (Wildman–Crippen LogP) is 5.49.